The van der Waals surface area contributed by atoms with E-state index in [9.17, 15) is 19.7 Å². The quantitative estimate of drug-likeness (QED) is 0.639. The number of carbonyl (C=O) groups is 2. The third kappa shape index (κ3) is 3.41. The first kappa shape index (κ1) is 14.9. The highest BCUT2D eigenvalue weighted by molar-refractivity contribution is 6.35. The van der Waals surface area contributed by atoms with Crippen molar-refractivity contribution in [3.63, 3.8) is 0 Å². The number of benzene rings is 1. The molecule has 8 heteroatoms. The van der Waals surface area contributed by atoms with Gasteiger partial charge in [0.1, 0.15) is 11.1 Å². The highest BCUT2D eigenvalue weighted by Crippen LogP contribution is 2.27. The molecular formula is C11H12ClN3O4. The minimum absolute atomic E-state index is 0.0494. The zero-order chi connectivity index (χ0) is 14.6. The largest absolute Gasteiger partial charge is 0.357 e. The lowest BCUT2D eigenvalue weighted by molar-refractivity contribution is -0.384. The lowest BCUT2D eigenvalue weighted by atomic mass is 10.1. The van der Waals surface area contributed by atoms with Crippen molar-refractivity contribution in [1.82, 2.24) is 10.6 Å². The molecule has 1 aromatic rings. The first-order chi connectivity index (χ1) is 8.88. The Morgan fingerprint density at radius 1 is 1.42 bits per heavy atom. The first-order valence-electron chi connectivity index (χ1n) is 5.33. The van der Waals surface area contributed by atoms with Crippen LogP contribution in [0.1, 0.15) is 17.3 Å². The Hall–Kier alpha value is -2.15. The first-order valence-corrected chi connectivity index (χ1v) is 5.71. The van der Waals surface area contributed by atoms with Crippen molar-refractivity contribution in [2.24, 2.45) is 0 Å². The van der Waals surface area contributed by atoms with Crippen LogP contribution in [-0.2, 0) is 4.79 Å². The molecular weight excluding hydrogens is 274 g/mol. The van der Waals surface area contributed by atoms with Crippen LogP contribution in [0.15, 0.2) is 18.2 Å². The second-order valence-corrected chi connectivity index (χ2v) is 4.08. The van der Waals surface area contributed by atoms with E-state index < -0.39 is 16.9 Å². The summed E-state index contributed by atoms with van der Waals surface area (Å²) in [6.45, 7) is 1.49. The number of carbonyl (C=O) groups excluding carboxylic acids is 2. The van der Waals surface area contributed by atoms with Crippen molar-refractivity contribution in [2.75, 3.05) is 7.05 Å². The molecule has 1 aromatic carbocycles. The van der Waals surface area contributed by atoms with Gasteiger partial charge in [-0.05, 0) is 13.0 Å². The topological polar surface area (TPSA) is 101 Å². The fraction of sp³-hybridized carbons (Fsp3) is 0.273. The number of hydrogen-bond donors (Lipinski definition) is 2. The maximum Gasteiger partial charge on any atom is 0.288 e. The Kier molecular flexibility index (Phi) is 4.82. The van der Waals surface area contributed by atoms with Gasteiger partial charge in [0.05, 0.1) is 10.5 Å². The molecule has 0 aliphatic carbocycles. The van der Waals surface area contributed by atoms with Crippen molar-refractivity contribution in [2.45, 2.75) is 13.0 Å². The molecule has 0 saturated heterocycles. The van der Waals surface area contributed by atoms with E-state index in [4.69, 9.17) is 11.6 Å². The van der Waals surface area contributed by atoms with E-state index in [2.05, 4.69) is 10.6 Å². The molecule has 0 radical (unpaired) electrons. The average molecular weight is 286 g/mol. The van der Waals surface area contributed by atoms with Crippen LogP contribution < -0.4 is 10.6 Å². The summed E-state index contributed by atoms with van der Waals surface area (Å²) in [5, 5.41) is 15.2. The lowest BCUT2D eigenvalue weighted by Gasteiger charge is -2.12. The summed E-state index contributed by atoms with van der Waals surface area (Å²) < 4.78 is 0. The molecule has 2 amide bonds. The Balaban J connectivity index is 2.98. The molecule has 0 aliphatic heterocycles. The molecule has 0 spiro atoms. The van der Waals surface area contributed by atoms with Crippen LogP contribution in [0.4, 0.5) is 5.69 Å². The molecule has 0 aliphatic rings. The van der Waals surface area contributed by atoms with Crippen molar-refractivity contribution < 1.29 is 14.5 Å². The third-order valence-corrected chi connectivity index (χ3v) is 2.80. The van der Waals surface area contributed by atoms with E-state index in [1.54, 1.807) is 0 Å². The Labute approximate surface area is 114 Å². The third-order valence-electron chi connectivity index (χ3n) is 2.41. The fourth-order valence-corrected chi connectivity index (χ4v) is 1.67. The zero-order valence-electron chi connectivity index (χ0n) is 10.3. The van der Waals surface area contributed by atoms with Crippen molar-refractivity contribution in [3.8, 4) is 0 Å². The van der Waals surface area contributed by atoms with Gasteiger partial charge in [0.25, 0.3) is 11.6 Å². The lowest BCUT2D eigenvalue weighted by Crippen LogP contribution is -2.43. The Bertz CT molecular complexity index is 533. The molecule has 102 valence electrons. The molecule has 0 heterocycles. The Morgan fingerprint density at radius 3 is 2.58 bits per heavy atom. The highest BCUT2D eigenvalue weighted by atomic mass is 35.5. The number of halogens is 1. The van der Waals surface area contributed by atoms with Crippen molar-refractivity contribution in [1.29, 1.82) is 0 Å². The van der Waals surface area contributed by atoms with E-state index in [0.717, 1.165) is 0 Å². The summed E-state index contributed by atoms with van der Waals surface area (Å²) in [5.41, 5.74) is -0.409. The van der Waals surface area contributed by atoms with Gasteiger partial charge in [-0.1, -0.05) is 17.7 Å². The average Bonchev–Trinajstić information content (AvgIpc) is 2.37. The van der Waals surface area contributed by atoms with Crippen LogP contribution in [0.3, 0.4) is 0 Å². The standard InChI is InChI=1S/C11H12ClN3O4/c1-6(10(16)13-2)14-11(17)7-4-3-5-8(9(7)12)15(18)19/h3-6H,1-2H3,(H,13,16)(H,14,17). The van der Waals surface area contributed by atoms with Crippen molar-refractivity contribution in [3.05, 3.63) is 38.9 Å². The minimum Gasteiger partial charge on any atom is -0.357 e. The van der Waals surface area contributed by atoms with Crippen LogP contribution in [0, 0.1) is 10.1 Å². The predicted octanol–water partition coefficient (Wildman–Crippen LogP) is 1.11. The number of nitro groups is 1. The molecule has 0 saturated carbocycles. The van der Waals surface area contributed by atoms with Crippen LogP contribution >= 0.6 is 11.6 Å². The van der Waals surface area contributed by atoms with Gasteiger partial charge < -0.3 is 10.6 Å². The molecule has 1 unspecified atom stereocenters. The summed E-state index contributed by atoms with van der Waals surface area (Å²) in [6, 6.07) is 3.12. The molecule has 7 nitrogen and oxygen atoms in total. The number of nitrogens with zero attached hydrogens (tertiary/aromatic N) is 1. The van der Waals surface area contributed by atoms with Gasteiger partial charge in [-0.3, -0.25) is 19.7 Å². The minimum atomic E-state index is -0.771. The van der Waals surface area contributed by atoms with Crippen LogP contribution in [-0.4, -0.2) is 29.8 Å². The fourth-order valence-electron chi connectivity index (χ4n) is 1.39. The van der Waals surface area contributed by atoms with E-state index in [-0.39, 0.29) is 22.2 Å². The summed E-state index contributed by atoms with van der Waals surface area (Å²) >= 11 is 5.79. The maximum atomic E-state index is 11.9. The summed E-state index contributed by atoms with van der Waals surface area (Å²) in [5.74, 6) is -1.03. The monoisotopic (exact) mass is 285 g/mol. The summed E-state index contributed by atoms with van der Waals surface area (Å²) in [6.07, 6.45) is 0. The molecule has 0 bridgehead atoms. The summed E-state index contributed by atoms with van der Waals surface area (Å²) in [4.78, 5) is 33.2. The molecule has 2 N–H and O–H groups in total. The number of amides is 2. The number of nitrogens with one attached hydrogen (secondary N) is 2. The van der Waals surface area contributed by atoms with Crippen LogP contribution in [0.2, 0.25) is 5.02 Å². The maximum absolute atomic E-state index is 11.9. The number of likely N-dealkylation sites (N-methyl/N-ethyl adjacent to an activating group) is 1. The molecule has 1 rings (SSSR count). The normalized spacial score (nSPS) is 11.5. The van der Waals surface area contributed by atoms with Gasteiger partial charge in [0.15, 0.2) is 0 Å². The number of rotatable bonds is 4. The molecule has 19 heavy (non-hydrogen) atoms. The van der Waals surface area contributed by atoms with Crippen LogP contribution in [0.25, 0.3) is 0 Å². The summed E-state index contributed by atoms with van der Waals surface area (Å²) in [7, 11) is 1.44. The number of hydrogen-bond acceptors (Lipinski definition) is 4. The number of nitro benzene ring substituents is 1. The van der Waals surface area contributed by atoms with Gasteiger partial charge in [-0.25, -0.2) is 0 Å². The van der Waals surface area contributed by atoms with E-state index >= 15 is 0 Å². The van der Waals surface area contributed by atoms with E-state index in [1.165, 1.54) is 32.2 Å². The molecule has 0 aromatic heterocycles. The highest BCUT2D eigenvalue weighted by Gasteiger charge is 2.22. The Morgan fingerprint density at radius 2 is 2.05 bits per heavy atom. The second-order valence-electron chi connectivity index (χ2n) is 3.71. The zero-order valence-corrected chi connectivity index (χ0v) is 11.0. The van der Waals surface area contributed by atoms with Gasteiger partial charge in [-0.15, -0.1) is 0 Å². The second kappa shape index (κ2) is 6.14. The van der Waals surface area contributed by atoms with Gasteiger partial charge in [0, 0.05) is 13.1 Å². The van der Waals surface area contributed by atoms with Crippen LogP contribution in [0.5, 0.6) is 0 Å². The molecule has 0 fully saturated rings. The van der Waals surface area contributed by atoms with E-state index in [1.807, 2.05) is 0 Å². The van der Waals surface area contributed by atoms with Gasteiger partial charge in [0.2, 0.25) is 5.91 Å². The van der Waals surface area contributed by atoms with E-state index in [0.29, 0.717) is 0 Å². The predicted molar refractivity (Wildman–Crippen MR) is 69.1 cm³/mol. The SMILES string of the molecule is CNC(=O)C(C)NC(=O)c1cccc([N+](=O)[O-])c1Cl. The smallest absolute Gasteiger partial charge is 0.288 e. The van der Waals surface area contributed by atoms with Gasteiger partial charge in [-0.2, -0.15) is 0 Å². The van der Waals surface area contributed by atoms with Crippen molar-refractivity contribution >= 4 is 29.1 Å². The molecule has 1 atom stereocenters. The van der Waals surface area contributed by atoms with Gasteiger partial charge >= 0.3 is 0 Å².